The molecule has 0 aromatic heterocycles. The predicted molar refractivity (Wildman–Crippen MR) is 62.1 cm³/mol. The lowest BCUT2D eigenvalue weighted by atomic mass is 10.2. The van der Waals surface area contributed by atoms with Gasteiger partial charge in [-0.15, -0.1) is 0 Å². The van der Waals surface area contributed by atoms with Gasteiger partial charge in [0, 0.05) is 25.1 Å². The van der Waals surface area contributed by atoms with Gasteiger partial charge in [0.1, 0.15) is 0 Å². The van der Waals surface area contributed by atoms with Gasteiger partial charge in [0.25, 0.3) is 0 Å². The van der Waals surface area contributed by atoms with E-state index in [1.165, 1.54) is 20.0 Å². The van der Waals surface area contributed by atoms with Gasteiger partial charge in [-0.25, -0.2) is 0 Å². The van der Waals surface area contributed by atoms with Gasteiger partial charge in [-0.1, -0.05) is 23.7 Å². The zero-order valence-electron chi connectivity index (χ0n) is 8.51. The predicted octanol–water partition coefficient (Wildman–Crippen LogP) is 3.80. The number of hydrogen-bond donors (Lipinski definition) is 0. The minimum absolute atomic E-state index is 0.661. The van der Waals surface area contributed by atoms with Crippen LogP contribution in [-0.2, 0) is 13.6 Å². The molecular weight excluding hydrogens is 235 g/mol. The maximum Gasteiger partial charge on any atom is 0.353 e. The SMILES string of the molecule is COP(=O)(/C=C/c1ccc(Cl)cc1)OC. The lowest BCUT2D eigenvalue weighted by Gasteiger charge is -2.07. The van der Waals surface area contributed by atoms with Crippen molar-refractivity contribution in [3.05, 3.63) is 40.7 Å². The Labute approximate surface area is 94.2 Å². The summed E-state index contributed by atoms with van der Waals surface area (Å²) in [5.41, 5.74) is 0.883. The maximum atomic E-state index is 11.6. The van der Waals surface area contributed by atoms with E-state index >= 15 is 0 Å². The second-order valence-corrected chi connectivity index (χ2v) is 5.32. The molecule has 0 bridgehead atoms. The van der Waals surface area contributed by atoms with Crippen LogP contribution in [0, 0.1) is 0 Å². The molecule has 0 saturated heterocycles. The van der Waals surface area contributed by atoms with Gasteiger partial charge in [0.2, 0.25) is 0 Å². The Morgan fingerprint density at radius 1 is 1.20 bits per heavy atom. The fourth-order valence-electron chi connectivity index (χ4n) is 0.947. The average molecular weight is 247 g/mol. The topological polar surface area (TPSA) is 35.5 Å². The molecule has 0 atom stereocenters. The second kappa shape index (κ2) is 5.47. The van der Waals surface area contributed by atoms with Crippen LogP contribution in [0.1, 0.15) is 5.56 Å². The standard InChI is InChI=1S/C10H12ClO3P/c1-13-15(12,14-2)8-7-9-3-5-10(11)6-4-9/h3-8H,1-2H3/b8-7+. The summed E-state index contributed by atoms with van der Waals surface area (Å²) >= 11 is 5.73. The third-order valence-electron chi connectivity index (χ3n) is 1.83. The molecule has 1 aromatic rings. The van der Waals surface area contributed by atoms with Gasteiger partial charge in [0.15, 0.2) is 0 Å². The highest BCUT2D eigenvalue weighted by atomic mass is 35.5. The van der Waals surface area contributed by atoms with Gasteiger partial charge < -0.3 is 9.05 Å². The molecule has 3 nitrogen and oxygen atoms in total. The van der Waals surface area contributed by atoms with Crippen molar-refractivity contribution in [2.45, 2.75) is 0 Å². The van der Waals surface area contributed by atoms with Crippen molar-refractivity contribution in [3.8, 4) is 0 Å². The van der Waals surface area contributed by atoms with E-state index in [1.54, 1.807) is 18.2 Å². The zero-order valence-corrected chi connectivity index (χ0v) is 10.2. The minimum atomic E-state index is -3.07. The van der Waals surface area contributed by atoms with Crippen LogP contribution in [0.15, 0.2) is 30.1 Å². The second-order valence-electron chi connectivity index (χ2n) is 2.77. The summed E-state index contributed by atoms with van der Waals surface area (Å²) in [4.78, 5) is 0. The molecule has 0 fully saturated rings. The lowest BCUT2D eigenvalue weighted by Crippen LogP contribution is -1.83. The summed E-state index contributed by atoms with van der Waals surface area (Å²) < 4.78 is 21.1. The van der Waals surface area contributed by atoms with Crippen LogP contribution >= 0.6 is 19.2 Å². The first kappa shape index (κ1) is 12.5. The van der Waals surface area contributed by atoms with Crippen molar-refractivity contribution < 1.29 is 13.6 Å². The molecule has 0 amide bonds. The first-order valence-corrected chi connectivity index (χ1v) is 6.24. The lowest BCUT2D eigenvalue weighted by molar-refractivity contribution is 0.286. The highest BCUT2D eigenvalue weighted by Crippen LogP contribution is 2.48. The molecule has 5 heteroatoms. The van der Waals surface area contributed by atoms with E-state index in [4.69, 9.17) is 20.6 Å². The Balaban J connectivity index is 2.81. The van der Waals surface area contributed by atoms with E-state index in [1.807, 2.05) is 12.1 Å². The molecule has 1 rings (SSSR count). The number of rotatable bonds is 4. The summed E-state index contributed by atoms with van der Waals surface area (Å²) in [5, 5.41) is 0.661. The van der Waals surface area contributed by atoms with Crippen LogP contribution in [0.25, 0.3) is 6.08 Å². The van der Waals surface area contributed by atoms with Crippen molar-refractivity contribution in [1.82, 2.24) is 0 Å². The molecule has 0 unspecified atom stereocenters. The summed E-state index contributed by atoms with van der Waals surface area (Å²) in [5.74, 6) is 1.41. The van der Waals surface area contributed by atoms with E-state index in [0.29, 0.717) is 5.02 Å². The van der Waals surface area contributed by atoms with Gasteiger partial charge in [-0.05, 0) is 23.8 Å². The molecule has 0 heterocycles. The Hall–Kier alpha value is -0.600. The van der Waals surface area contributed by atoms with Crippen molar-refractivity contribution in [2.24, 2.45) is 0 Å². The van der Waals surface area contributed by atoms with Crippen LogP contribution < -0.4 is 0 Å². The van der Waals surface area contributed by atoms with Crippen LogP contribution in [0.4, 0.5) is 0 Å². The van der Waals surface area contributed by atoms with Gasteiger partial charge in [-0.2, -0.15) is 0 Å². The van der Waals surface area contributed by atoms with Crippen molar-refractivity contribution >= 4 is 25.3 Å². The molecule has 0 aliphatic carbocycles. The summed E-state index contributed by atoms with van der Waals surface area (Å²) in [6.07, 6.45) is 1.67. The summed E-state index contributed by atoms with van der Waals surface area (Å²) in [6, 6.07) is 7.14. The molecule has 0 radical (unpaired) electrons. The summed E-state index contributed by atoms with van der Waals surface area (Å²) in [7, 11) is -0.385. The Morgan fingerprint density at radius 2 is 1.73 bits per heavy atom. The van der Waals surface area contributed by atoms with E-state index in [-0.39, 0.29) is 0 Å². The van der Waals surface area contributed by atoms with Crippen molar-refractivity contribution in [3.63, 3.8) is 0 Å². The van der Waals surface area contributed by atoms with Crippen LogP contribution in [-0.4, -0.2) is 14.2 Å². The Morgan fingerprint density at radius 3 is 2.20 bits per heavy atom. The quantitative estimate of drug-likeness (QED) is 0.758. The smallest absolute Gasteiger partial charge is 0.309 e. The van der Waals surface area contributed by atoms with Gasteiger partial charge in [-0.3, -0.25) is 4.57 Å². The molecular formula is C10H12ClO3P. The molecule has 0 spiro atoms. The third-order valence-corrected chi connectivity index (χ3v) is 3.61. The molecule has 1 aromatic carbocycles. The normalized spacial score (nSPS) is 12.2. The van der Waals surface area contributed by atoms with Crippen LogP contribution in [0.2, 0.25) is 5.02 Å². The van der Waals surface area contributed by atoms with Crippen molar-refractivity contribution in [1.29, 1.82) is 0 Å². The number of benzene rings is 1. The average Bonchev–Trinajstić information content (AvgIpc) is 2.28. The summed E-state index contributed by atoms with van der Waals surface area (Å²) in [6.45, 7) is 0. The molecule has 0 saturated carbocycles. The van der Waals surface area contributed by atoms with E-state index in [9.17, 15) is 4.57 Å². The molecule has 0 aliphatic rings. The van der Waals surface area contributed by atoms with Crippen molar-refractivity contribution in [2.75, 3.05) is 14.2 Å². The third kappa shape index (κ3) is 3.80. The van der Waals surface area contributed by atoms with E-state index in [0.717, 1.165) is 5.56 Å². The number of hydrogen-bond acceptors (Lipinski definition) is 3. The fraction of sp³-hybridized carbons (Fsp3) is 0.200. The fourth-order valence-corrected chi connectivity index (χ4v) is 1.82. The van der Waals surface area contributed by atoms with Crippen LogP contribution in [0.3, 0.4) is 0 Å². The van der Waals surface area contributed by atoms with Gasteiger partial charge >= 0.3 is 7.60 Å². The molecule has 0 aliphatic heterocycles. The minimum Gasteiger partial charge on any atom is -0.309 e. The Kier molecular flexibility index (Phi) is 4.55. The zero-order chi connectivity index (χ0) is 11.3. The highest BCUT2D eigenvalue weighted by Gasteiger charge is 2.15. The van der Waals surface area contributed by atoms with E-state index < -0.39 is 7.60 Å². The largest absolute Gasteiger partial charge is 0.353 e. The Bertz CT molecular complexity index is 378. The first-order chi connectivity index (χ1) is 7.09. The molecule has 15 heavy (non-hydrogen) atoms. The molecule has 82 valence electrons. The van der Waals surface area contributed by atoms with E-state index in [2.05, 4.69) is 0 Å². The first-order valence-electron chi connectivity index (χ1n) is 4.25. The monoisotopic (exact) mass is 246 g/mol. The van der Waals surface area contributed by atoms with Crippen LogP contribution in [0.5, 0.6) is 0 Å². The molecule has 0 N–H and O–H groups in total. The highest BCUT2D eigenvalue weighted by molar-refractivity contribution is 7.57. The van der Waals surface area contributed by atoms with Gasteiger partial charge in [0.05, 0.1) is 0 Å². The maximum absolute atomic E-state index is 11.6. The number of halogens is 1.